The maximum atomic E-state index is 5.90. The van der Waals surface area contributed by atoms with E-state index in [9.17, 15) is 0 Å². The molecular formula is C10H23N3. The number of nitrogens with zero attached hydrogens (tertiary/aromatic N) is 2. The fourth-order valence-corrected chi connectivity index (χ4v) is 1.90. The Morgan fingerprint density at radius 3 is 2.85 bits per heavy atom. The van der Waals surface area contributed by atoms with Crippen molar-refractivity contribution in [1.82, 2.24) is 9.80 Å². The summed E-state index contributed by atoms with van der Waals surface area (Å²) in [4.78, 5) is 4.74. The van der Waals surface area contributed by atoms with Crippen molar-refractivity contribution >= 4 is 0 Å². The zero-order valence-corrected chi connectivity index (χ0v) is 9.00. The summed E-state index contributed by atoms with van der Waals surface area (Å²) in [7, 11) is 4.25. The van der Waals surface area contributed by atoms with Gasteiger partial charge < -0.3 is 15.5 Å². The van der Waals surface area contributed by atoms with Crippen LogP contribution >= 0.6 is 0 Å². The first-order chi connectivity index (χ1) is 6.18. The second-order valence-corrected chi connectivity index (χ2v) is 4.36. The van der Waals surface area contributed by atoms with Crippen molar-refractivity contribution in [3.63, 3.8) is 0 Å². The molecule has 0 saturated carbocycles. The van der Waals surface area contributed by atoms with Gasteiger partial charge in [-0.3, -0.25) is 0 Å². The van der Waals surface area contributed by atoms with Gasteiger partial charge in [0.15, 0.2) is 0 Å². The molecule has 0 aromatic rings. The smallest absolute Gasteiger partial charge is 0.0168 e. The van der Waals surface area contributed by atoms with Crippen molar-refractivity contribution in [2.24, 2.45) is 5.73 Å². The lowest BCUT2D eigenvalue weighted by molar-refractivity contribution is 0.200. The third-order valence-electron chi connectivity index (χ3n) is 2.62. The fourth-order valence-electron chi connectivity index (χ4n) is 1.90. The van der Waals surface area contributed by atoms with E-state index in [1.54, 1.807) is 0 Å². The lowest BCUT2D eigenvalue weighted by atomic mass is 10.1. The molecular weight excluding hydrogens is 162 g/mol. The molecule has 1 fully saturated rings. The van der Waals surface area contributed by atoms with Gasteiger partial charge in [0.2, 0.25) is 0 Å². The van der Waals surface area contributed by atoms with Gasteiger partial charge in [0.1, 0.15) is 0 Å². The Morgan fingerprint density at radius 2 is 2.23 bits per heavy atom. The van der Waals surface area contributed by atoms with E-state index >= 15 is 0 Å². The highest BCUT2D eigenvalue weighted by atomic mass is 15.1. The van der Waals surface area contributed by atoms with Crippen LogP contribution in [0.1, 0.15) is 19.3 Å². The summed E-state index contributed by atoms with van der Waals surface area (Å²) in [5.41, 5.74) is 5.90. The van der Waals surface area contributed by atoms with Crippen LogP contribution in [0.5, 0.6) is 0 Å². The molecule has 1 atom stereocenters. The van der Waals surface area contributed by atoms with E-state index in [2.05, 4.69) is 23.9 Å². The van der Waals surface area contributed by atoms with Gasteiger partial charge in [-0.05, 0) is 53.0 Å². The van der Waals surface area contributed by atoms with Crippen LogP contribution in [0.15, 0.2) is 0 Å². The number of rotatable bonds is 4. The number of piperidine rings is 1. The molecule has 1 heterocycles. The van der Waals surface area contributed by atoms with Crippen LogP contribution in [0.4, 0.5) is 0 Å². The van der Waals surface area contributed by atoms with E-state index in [4.69, 9.17) is 5.73 Å². The van der Waals surface area contributed by atoms with Crippen LogP contribution in [-0.4, -0.2) is 56.1 Å². The molecule has 0 aliphatic carbocycles. The van der Waals surface area contributed by atoms with Gasteiger partial charge in [-0.15, -0.1) is 0 Å². The van der Waals surface area contributed by atoms with E-state index in [-0.39, 0.29) is 0 Å². The summed E-state index contributed by atoms with van der Waals surface area (Å²) < 4.78 is 0. The number of likely N-dealkylation sites (tertiary alicyclic amines) is 1. The highest BCUT2D eigenvalue weighted by Gasteiger charge is 2.15. The highest BCUT2D eigenvalue weighted by Crippen LogP contribution is 2.08. The van der Waals surface area contributed by atoms with Crippen LogP contribution in [-0.2, 0) is 0 Å². The van der Waals surface area contributed by atoms with Crippen molar-refractivity contribution in [2.45, 2.75) is 25.3 Å². The van der Waals surface area contributed by atoms with Gasteiger partial charge >= 0.3 is 0 Å². The molecule has 3 nitrogen and oxygen atoms in total. The first-order valence-corrected chi connectivity index (χ1v) is 5.31. The molecule has 0 unspecified atom stereocenters. The number of hydrogen-bond acceptors (Lipinski definition) is 3. The molecule has 1 rings (SSSR count). The van der Waals surface area contributed by atoms with Crippen LogP contribution in [0.2, 0.25) is 0 Å². The molecule has 0 spiro atoms. The third-order valence-corrected chi connectivity index (χ3v) is 2.62. The molecule has 0 amide bonds. The largest absolute Gasteiger partial charge is 0.327 e. The molecule has 78 valence electrons. The highest BCUT2D eigenvalue weighted by molar-refractivity contribution is 4.74. The Morgan fingerprint density at radius 1 is 1.46 bits per heavy atom. The van der Waals surface area contributed by atoms with Gasteiger partial charge in [0, 0.05) is 12.6 Å². The van der Waals surface area contributed by atoms with Gasteiger partial charge in [-0.2, -0.15) is 0 Å². The van der Waals surface area contributed by atoms with Crippen molar-refractivity contribution in [1.29, 1.82) is 0 Å². The Hall–Kier alpha value is -0.120. The minimum atomic E-state index is 0.424. The molecule has 0 radical (unpaired) electrons. The molecule has 1 aliphatic rings. The maximum absolute atomic E-state index is 5.90. The van der Waals surface area contributed by atoms with E-state index < -0.39 is 0 Å². The first-order valence-electron chi connectivity index (χ1n) is 5.31. The van der Waals surface area contributed by atoms with Crippen LogP contribution < -0.4 is 5.73 Å². The standard InChI is InChI=1S/C10H23N3/c1-12(2)6-4-8-13-7-3-5-10(11)9-13/h10H,3-9,11H2,1-2H3/t10-/m0/s1. The Kier molecular flexibility index (Phi) is 4.70. The molecule has 1 aliphatic heterocycles. The van der Waals surface area contributed by atoms with E-state index in [0.717, 1.165) is 6.54 Å². The quantitative estimate of drug-likeness (QED) is 0.686. The number of hydrogen-bond donors (Lipinski definition) is 1. The van der Waals surface area contributed by atoms with Crippen LogP contribution in [0.3, 0.4) is 0 Å². The van der Waals surface area contributed by atoms with Crippen molar-refractivity contribution in [3.05, 3.63) is 0 Å². The summed E-state index contributed by atoms with van der Waals surface area (Å²) >= 11 is 0. The molecule has 1 saturated heterocycles. The average Bonchev–Trinajstić information content (AvgIpc) is 2.03. The van der Waals surface area contributed by atoms with Crippen molar-refractivity contribution in [3.8, 4) is 0 Å². The van der Waals surface area contributed by atoms with Gasteiger partial charge in [0.05, 0.1) is 0 Å². The second kappa shape index (κ2) is 5.58. The Bertz CT molecular complexity index is 136. The SMILES string of the molecule is CN(C)CCCN1CCC[C@H](N)C1. The topological polar surface area (TPSA) is 32.5 Å². The Labute approximate surface area is 81.9 Å². The average molecular weight is 185 g/mol. The monoisotopic (exact) mass is 185 g/mol. The lowest BCUT2D eigenvalue weighted by Gasteiger charge is -2.30. The van der Waals surface area contributed by atoms with Crippen molar-refractivity contribution < 1.29 is 0 Å². The summed E-state index contributed by atoms with van der Waals surface area (Å²) in [6, 6.07) is 0.424. The summed E-state index contributed by atoms with van der Waals surface area (Å²) in [6.45, 7) is 4.76. The Balaban J connectivity index is 2.06. The third kappa shape index (κ3) is 4.60. The van der Waals surface area contributed by atoms with Gasteiger partial charge in [-0.25, -0.2) is 0 Å². The predicted octanol–water partition coefficient (Wildman–Crippen LogP) is 0.361. The summed E-state index contributed by atoms with van der Waals surface area (Å²) in [6.07, 6.45) is 3.76. The van der Waals surface area contributed by atoms with Crippen molar-refractivity contribution in [2.75, 3.05) is 40.3 Å². The lowest BCUT2D eigenvalue weighted by Crippen LogP contribution is -2.43. The molecule has 2 N–H and O–H groups in total. The normalized spacial score (nSPS) is 25.4. The number of nitrogens with two attached hydrogens (primary N) is 1. The molecule has 0 bridgehead atoms. The predicted molar refractivity (Wildman–Crippen MR) is 56.8 cm³/mol. The minimum absolute atomic E-state index is 0.424. The second-order valence-electron chi connectivity index (χ2n) is 4.36. The van der Waals surface area contributed by atoms with Crippen LogP contribution in [0, 0.1) is 0 Å². The van der Waals surface area contributed by atoms with E-state index in [1.165, 1.54) is 38.9 Å². The zero-order chi connectivity index (χ0) is 9.68. The van der Waals surface area contributed by atoms with Gasteiger partial charge in [-0.1, -0.05) is 0 Å². The molecule has 0 aromatic carbocycles. The van der Waals surface area contributed by atoms with E-state index in [0.29, 0.717) is 6.04 Å². The van der Waals surface area contributed by atoms with Crippen LogP contribution in [0.25, 0.3) is 0 Å². The summed E-state index contributed by atoms with van der Waals surface area (Å²) in [5, 5.41) is 0. The van der Waals surface area contributed by atoms with Gasteiger partial charge in [0.25, 0.3) is 0 Å². The molecule has 3 heteroatoms. The molecule has 13 heavy (non-hydrogen) atoms. The maximum Gasteiger partial charge on any atom is 0.0168 e. The fraction of sp³-hybridized carbons (Fsp3) is 1.00. The minimum Gasteiger partial charge on any atom is -0.327 e. The summed E-state index contributed by atoms with van der Waals surface area (Å²) in [5.74, 6) is 0. The first kappa shape index (κ1) is 11.0. The van der Waals surface area contributed by atoms with E-state index in [1.807, 2.05) is 0 Å². The molecule has 0 aromatic heterocycles. The zero-order valence-electron chi connectivity index (χ0n) is 9.00.